The first-order valence-electron chi connectivity index (χ1n) is 13.0. The van der Waals surface area contributed by atoms with Crippen LogP contribution in [0.1, 0.15) is 29.5 Å². The van der Waals surface area contributed by atoms with Gasteiger partial charge < -0.3 is 30.8 Å². The number of rotatable bonds is 13. The number of aliphatic carboxylic acids is 1. The number of carbonyl (C=O) groups is 4. The van der Waals surface area contributed by atoms with Crippen molar-refractivity contribution in [1.82, 2.24) is 4.90 Å². The highest BCUT2D eigenvalue weighted by Crippen LogP contribution is 2.28. The van der Waals surface area contributed by atoms with Crippen LogP contribution in [0.5, 0.6) is 0 Å². The minimum Gasteiger partial charge on any atom is -0.479 e. The van der Waals surface area contributed by atoms with Crippen molar-refractivity contribution in [2.45, 2.75) is 38.2 Å². The zero-order chi connectivity index (χ0) is 30.4. The van der Waals surface area contributed by atoms with Crippen LogP contribution < -0.4 is 11.5 Å². The van der Waals surface area contributed by atoms with E-state index in [0.717, 1.165) is 0 Å². The van der Waals surface area contributed by atoms with E-state index in [1.54, 1.807) is 91.0 Å². The average Bonchev–Trinajstić information content (AvgIpc) is 3.00. The van der Waals surface area contributed by atoms with Crippen molar-refractivity contribution < 1.29 is 38.5 Å². The van der Waals surface area contributed by atoms with Gasteiger partial charge in [-0.05, 0) is 29.5 Å². The second-order valence-corrected chi connectivity index (χ2v) is 9.05. The van der Waals surface area contributed by atoms with Crippen LogP contribution in [0.2, 0.25) is 0 Å². The molecule has 0 heterocycles. The van der Waals surface area contributed by atoms with Gasteiger partial charge in [-0.2, -0.15) is 4.90 Å². The topological polar surface area (TPSA) is 184 Å². The number of hydrogen-bond donors (Lipinski definition) is 3. The molecule has 0 aliphatic carbocycles. The number of imide groups is 1. The monoisotopic (exact) mass is 576 g/mol. The molecule has 42 heavy (non-hydrogen) atoms. The van der Waals surface area contributed by atoms with Crippen LogP contribution in [0.4, 0.5) is 9.59 Å². The molecule has 0 fully saturated rings. The smallest absolute Gasteiger partial charge is 0.421 e. The van der Waals surface area contributed by atoms with Crippen molar-refractivity contribution in [3.05, 3.63) is 108 Å². The van der Waals surface area contributed by atoms with E-state index >= 15 is 0 Å². The number of carboxylic acid groups (broad SMARTS) is 1. The molecule has 0 aliphatic rings. The molecule has 0 saturated heterocycles. The van der Waals surface area contributed by atoms with Crippen LogP contribution >= 0.6 is 0 Å². The van der Waals surface area contributed by atoms with Crippen LogP contribution in [-0.4, -0.2) is 52.2 Å². The predicted molar refractivity (Wildman–Crippen MR) is 152 cm³/mol. The Kier molecular flexibility index (Phi) is 11.4. The van der Waals surface area contributed by atoms with Crippen LogP contribution in [-0.2, 0) is 43.6 Å². The molecule has 0 saturated carbocycles. The third-order valence-electron chi connectivity index (χ3n) is 6.05. The van der Waals surface area contributed by atoms with Crippen LogP contribution in [0, 0.1) is 0 Å². The maximum atomic E-state index is 13.7. The van der Waals surface area contributed by atoms with E-state index in [1.165, 1.54) is 0 Å². The van der Waals surface area contributed by atoms with Gasteiger partial charge in [0, 0.05) is 6.54 Å². The number of hydrogen-bond acceptors (Lipinski definition) is 8. The average molecular weight is 577 g/mol. The summed E-state index contributed by atoms with van der Waals surface area (Å²) in [5, 5.41) is 10.5. The van der Waals surface area contributed by atoms with Crippen LogP contribution in [0.15, 0.2) is 96.0 Å². The minimum absolute atomic E-state index is 0.102. The summed E-state index contributed by atoms with van der Waals surface area (Å²) in [6.07, 6.45) is -3.57. The highest BCUT2D eigenvalue weighted by atomic mass is 16.6. The van der Waals surface area contributed by atoms with Crippen molar-refractivity contribution in [2.75, 3.05) is 6.54 Å². The predicted octanol–water partition coefficient (Wildman–Crippen LogP) is 3.58. The summed E-state index contributed by atoms with van der Waals surface area (Å²) < 4.78 is 16.0. The van der Waals surface area contributed by atoms with Crippen molar-refractivity contribution in [1.29, 1.82) is 0 Å². The van der Waals surface area contributed by atoms with Crippen molar-refractivity contribution >= 4 is 30.1 Å². The third-order valence-corrected chi connectivity index (χ3v) is 6.05. The summed E-state index contributed by atoms with van der Waals surface area (Å²) in [7, 11) is 0. The van der Waals surface area contributed by atoms with Gasteiger partial charge in [0.25, 0.3) is 5.54 Å². The third kappa shape index (κ3) is 8.55. The standard InChI is InChI=1S/C30H32N4O8/c31-27(32)33-18-10-17-30(25(35)36,26(37)40-19-22-11-4-1-5-12-22)34(28(38)41-20-23-13-6-2-7-14-23)29(39)42-21-24-15-8-3-9-16-24/h1-9,11-16H,10,17-21H2,(H,35,36)(H4,31,32,33)/t30-/m1/s1. The van der Waals surface area contributed by atoms with Gasteiger partial charge in [0.05, 0.1) is 0 Å². The van der Waals surface area contributed by atoms with E-state index in [4.69, 9.17) is 25.7 Å². The number of aliphatic imine (C=N–C) groups is 1. The SMILES string of the molecule is NC(N)=NCCC[C@@](C(=O)O)(C(=O)OCc1ccccc1)N(C(=O)OCc1ccccc1)C(=O)OCc1ccccc1. The maximum Gasteiger partial charge on any atom is 0.421 e. The van der Waals surface area contributed by atoms with Gasteiger partial charge in [0.15, 0.2) is 5.96 Å². The van der Waals surface area contributed by atoms with Crippen LogP contribution in [0.3, 0.4) is 0 Å². The van der Waals surface area contributed by atoms with E-state index < -0.39 is 36.1 Å². The zero-order valence-electron chi connectivity index (χ0n) is 22.8. The fraction of sp³-hybridized carbons (Fsp3) is 0.233. The van der Waals surface area contributed by atoms with E-state index in [9.17, 15) is 24.3 Å². The molecule has 2 amide bonds. The summed E-state index contributed by atoms with van der Waals surface area (Å²) in [5.41, 5.74) is 9.55. The molecule has 0 radical (unpaired) electrons. The number of carbonyl (C=O) groups excluding carboxylic acids is 3. The quantitative estimate of drug-likeness (QED) is 0.0678. The minimum atomic E-state index is -2.88. The Morgan fingerprint density at radius 1 is 0.690 bits per heavy atom. The van der Waals surface area contributed by atoms with Gasteiger partial charge in [-0.1, -0.05) is 91.0 Å². The second kappa shape index (κ2) is 15.4. The largest absolute Gasteiger partial charge is 0.479 e. The Balaban J connectivity index is 1.99. The Morgan fingerprint density at radius 2 is 1.10 bits per heavy atom. The van der Waals surface area contributed by atoms with Gasteiger partial charge in [-0.15, -0.1) is 0 Å². The van der Waals surface area contributed by atoms with Crippen LogP contribution in [0.25, 0.3) is 0 Å². The lowest BCUT2D eigenvalue weighted by Crippen LogP contribution is -2.64. The second-order valence-electron chi connectivity index (χ2n) is 9.05. The number of carboxylic acids is 1. The highest BCUT2D eigenvalue weighted by molar-refractivity contribution is 6.10. The summed E-state index contributed by atoms with van der Waals surface area (Å²) in [5.74, 6) is -3.47. The fourth-order valence-electron chi connectivity index (χ4n) is 3.93. The molecule has 12 nitrogen and oxygen atoms in total. The summed E-state index contributed by atoms with van der Waals surface area (Å²) in [6.45, 7) is -1.06. The van der Waals surface area contributed by atoms with Crippen molar-refractivity contribution in [2.24, 2.45) is 16.5 Å². The first kappa shape index (κ1) is 31.1. The van der Waals surface area contributed by atoms with E-state index in [1.807, 2.05) is 0 Å². The molecule has 3 rings (SSSR count). The number of guanidine groups is 1. The zero-order valence-corrected chi connectivity index (χ0v) is 22.8. The molecular formula is C30H32N4O8. The van der Waals surface area contributed by atoms with Gasteiger partial charge >= 0.3 is 24.1 Å². The summed E-state index contributed by atoms with van der Waals surface area (Å²) >= 11 is 0. The van der Waals surface area contributed by atoms with Crippen molar-refractivity contribution in [3.8, 4) is 0 Å². The molecule has 220 valence electrons. The number of esters is 1. The van der Waals surface area contributed by atoms with Gasteiger partial charge in [0.2, 0.25) is 0 Å². The van der Waals surface area contributed by atoms with E-state index in [0.29, 0.717) is 16.7 Å². The number of nitrogens with two attached hydrogens (primary N) is 2. The molecule has 3 aromatic rings. The normalized spacial score (nSPS) is 11.8. The lowest BCUT2D eigenvalue weighted by atomic mass is 9.91. The molecule has 1 atom stereocenters. The number of benzene rings is 3. The van der Waals surface area contributed by atoms with E-state index in [2.05, 4.69) is 4.99 Å². The lowest BCUT2D eigenvalue weighted by molar-refractivity contribution is -0.171. The maximum absolute atomic E-state index is 13.7. The summed E-state index contributed by atoms with van der Waals surface area (Å²) in [6, 6.07) is 25.5. The molecule has 0 bridgehead atoms. The first-order valence-corrected chi connectivity index (χ1v) is 13.0. The molecule has 0 unspecified atom stereocenters. The molecule has 12 heteroatoms. The first-order chi connectivity index (χ1) is 20.2. The molecular weight excluding hydrogens is 544 g/mol. The molecule has 5 N–H and O–H groups in total. The Morgan fingerprint density at radius 3 is 1.48 bits per heavy atom. The van der Waals surface area contributed by atoms with Gasteiger partial charge in [0.1, 0.15) is 19.8 Å². The fourth-order valence-corrected chi connectivity index (χ4v) is 3.93. The number of amides is 2. The van der Waals surface area contributed by atoms with E-state index in [-0.39, 0.29) is 43.6 Å². The van der Waals surface area contributed by atoms with Gasteiger partial charge in [-0.25, -0.2) is 19.2 Å². The number of ether oxygens (including phenoxy) is 3. The molecule has 0 spiro atoms. The van der Waals surface area contributed by atoms with Crippen molar-refractivity contribution in [3.63, 3.8) is 0 Å². The van der Waals surface area contributed by atoms with Gasteiger partial charge in [-0.3, -0.25) is 4.99 Å². The highest BCUT2D eigenvalue weighted by Gasteiger charge is 2.59. The molecule has 0 aromatic heterocycles. The Labute approximate surface area is 242 Å². The number of nitrogens with zero attached hydrogens (tertiary/aromatic N) is 2. The molecule has 0 aliphatic heterocycles. The summed E-state index contributed by atoms with van der Waals surface area (Å²) in [4.78, 5) is 57.6. The lowest BCUT2D eigenvalue weighted by Gasteiger charge is -2.35. The Bertz CT molecular complexity index is 1310. The molecule has 3 aromatic carbocycles. The Hall–Kier alpha value is -5.39.